The third-order valence-corrected chi connectivity index (χ3v) is 4.60. The number of aromatic nitrogens is 2. The van der Waals surface area contributed by atoms with Crippen molar-refractivity contribution in [2.45, 2.75) is 13.3 Å². The van der Waals surface area contributed by atoms with E-state index in [1.807, 2.05) is 6.92 Å². The molecule has 1 aliphatic heterocycles. The minimum absolute atomic E-state index is 0.0552. The summed E-state index contributed by atoms with van der Waals surface area (Å²) in [6.07, 6.45) is 2.21. The first kappa shape index (κ1) is 13.8. The summed E-state index contributed by atoms with van der Waals surface area (Å²) in [5, 5.41) is 13.1. The number of ether oxygens (including phenoxy) is 1. The number of carbonyl (C=O) groups excluding carboxylic acids is 1. The molecule has 1 fully saturated rings. The van der Waals surface area contributed by atoms with Gasteiger partial charge in [0.05, 0.1) is 12.5 Å². The van der Waals surface area contributed by atoms with E-state index in [0.29, 0.717) is 30.3 Å². The van der Waals surface area contributed by atoms with Gasteiger partial charge in [-0.2, -0.15) is 9.38 Å². The lowest BCUT2D eigenvalue weighted by Crippen LogP contribution is -2.33. The molecule has 0 amide bonds. The third kappa shape index (κ3) is 2.04. The number of esters is 1. The van der Waals surface area contributed by atoms with Crippen LogP contribution in [0.5, 0.6) is 0 Å². The van der Waals surface area contributed by atoms with Gasteiger partial charge in [0, 0.05) is 18.5 Å². The summed E-state index contributed by atoms with van der Waals surface area (Å²) in [5.74, 6) is -0.0338. The lowest BCUT2D eigenvalue weighted by molar-refractivity contribution is -0.389. The number of hydrogen-bond acceptors (Lipinski definition) is 7. The van der Waals surface area contributed by atoms with Gasteiger partial charge in [-0.1, -0.05) is 11.3 Å². The largest absolute Gasteiger partial charge is 0.469 e. The lowest BCUT2D eigenvalue weighted by Gasteiger charge is -2.21. The van der Waals surface area contributed by atoms with Crippen molar-refractivity contribution >= 4 is 33.9 Å². The predicted molar refractivity (Wildman–Crippen MR) is 76.7 cm³/mol. The second kappa shape index (κ2) is 4.69. The topological polar surface area (TPSA) is 90.0 Å². The van der Waals surface area contributed by atoms with Crippen LogP contribution < -0.4 is 4.90 Å². The first-order chi connectivity index (χ1) is 9.96. The van der Waals surface area contributed by atoms with Gasteiger partial charge in [0.2, 0.25) is 5.82 Å². The highest BCUT2D eigenvalue weighted by Gasteiger charge is 2.44. The molecule has 0 bridgehead atoms. The van der Waals surface area contributed by atoms with E-state index in [0.717, 1.165) is 0 Å². The van der Waals surface area contributed by atoms with Gasteiger partial charge in [0.15, 0.2) is 0 Å². The molecule has 112 valence electrons. The number of fused-ring (bicyclic) bond motifs is 1. The molecule has 0 aromatic carbocycles. The molecule has 2 aromatic rings. The van der Waals surface area contributed by atoms with Crippen molar-refractivity contribution in [3.05, 3.63) is 21.7 Å². The van der Waals surface area contributed by atoms with Gasteiger partial charge in [-0.25, -0.2) is 0 Å². The highest BCUT2D eigenvalue weighted by molar-refractivity contribution is 7.15. The molecule has 3 heterocycles. The Bertz CT molecular complexity index is 724. The number of anilines is 1. The number of rotatable bonds is 3. The number of carbonyl (C=O) groups is 1. The van der Waals surface area contributed by atoms with Crippen molar-refractivity contribution in [2.24, 2.45) is 5.41 Å². The van der Waals surface area contributed by atoms with Crippen LogP contribution in [0, 0.1) is 15.5 Å². The van der Waals surface area contributed by atoms with Crippen LogP contribution in [0.3, 0.4) is 0 Å². The van der Waals surface area contributed by atoms with E-state index in [1.165, 1.54) is 22.8 Å². The molecule has 9 heteroatoms. The Hall–Kier alpha value is -2.16. The maximum absolute atomic E-state index is 11.8. The molecule has 8 nitrogen and oxygen atoms in total. The van der Waals surface area contributed by atoms with E-state index in [4.69, 9.17) is 4.74 Å². The first-order valence-corrected chi connectivity index (χ1v) is 7.27. The number of nitrogens with zero attached hydrogens (tertiary/aromatic N) is 4. The normalized spacial score (nSPS) is 21.9. The van der Waals surface area contributed by atoms with Crippen molar-refractivity contribution in [3.63, 3.8) is 0 Å². The van der Waals surface area contributed by atoms with E-state index >= 15 is 0 Å². The first-order valence-electron chi connectivity index (χ1n) is 6.39. The van der Waals surface area contributed by atoms with Crippen molar-refractivity contribution in [3.8, 4) is 0 Å². The third-order valence-electron chi connectivity index (χ3n) is 3.84. The summed E-state index contributed by atoms with van der Waals surface area (Å²) in [6, 6.07) is 0. The second-order valence-corrected chi connectivity index (χ2v) is 6.17. The van der Waals surface area contributed by atoms with Gasteiger partial charge in [0.25, 0.3) is 4.96 Å². The molecule has 2 aromatic heterocycles. The zero-order valence-electron chi connectivity index (χ0n) is 11.6. The zero-order chi connectivity index (χ0) is 15.2. The molecule has 1 unspecified atom stereocenters. The molecular formula is C12H14N4O4S. The fourth-order valence-electron chi connectivity index (χ4n) is 2.70. The number of hydrogen-bond donors (Lipinski definition) is 0. The van der Waals surface area contributed by atoms with Crippen LogP contribution in [0.2, 0.25) is 0 Å². The minimum Gasteiger partial charge on any atom is -0.469 e. The van der Waals surface area contributed by atoms with Crippen LogP contribution in [-0.4, -0.2) is 40.5 Å². The van der Waals surface area contributed by atoms with Gasteiger partial charge in [-0.15, -0.1) is 0 Å². The highest BCUT2D eigenvalue weighted by atomic mass is 32.1. The SMILES string of the molecule is COC(=O)C1(C)CCN(c2nc3sccn3c2[N+](=O)[O-])C1. The lowest BCUT2D eigenvalue weighted by atomic mass is 9.90. The Morgan fingerprint density at radius 3 is 3.05 bits per heavy atom. The molecule has 1 aliphatic rings. The molecule has 0 radical (unpaired) electrons. The van der Waals surface area contributed by atoms with E-state index in [2.05, 4.69) is 4.98 Å². The van der Waals surface area contributed by atoms with Crippen LogP contribution >= 0.6 is 11.3 Å². The Morgan fingerprint density at radius 2 is 2.38 bits per heavy atom. The second-order valence-electron chi connectivity index (χ2n) is 5.30. The van der Waals surface area contributed by atoms with Gasteiger partial charge >= 0.3 is 11.8 Å². The maximum atomic E-state index is 11.8. The number of nitro groups is 1. The predicted octanol–water partition coefficient (Wildman–Crippen LogP) is 1.69. The van der Waals surface area contributed by atoms with Gasteiger partial charge in [-0.3, -0.25) is 4.79 Å². The molecule has 0 N–H and O–H groups in total. The van der Waals surface area contributed by atoms with Crippen molar-refractivity contribution in [1.29, 1.82) is 0 Å². The quantitative estimate of drug-likeness (QED) is 0.487. The van der Waals surface area contributed by atoms with Gasteiger partial charge in [0.1, 0.15) is 6.20 Å². The van der Waals surface area contributed by atoms with E-state index in [-0.39, 0.29) is 11.8 Å². The van der Waals surface area contributed by atoms with Crippen molar-refractivity contribution in [2.75, 3.05) is 25.1 Å². The molecular weight excluding hydrogens is 296 g/mol. The van der Waals surface area contributed by atoms with E-state index in [9.17, 15) is 14.9 Å². The molecule has 1 atom stereocenters. The van der Waals surface area contributed by atoms with Crippen LogP contribution in [0.4, 0.5) is 11.6 Å². The summed E-state index contributed by atoms with van der Waals surface area (Å²) < 4.78 is 6.29. The van der Waals surface area contributed by atoms with Crippen molar-refractivity contribution < 1.29 is 14.5 Å². The molecule has 0 spiro atoms. The Labute approximate surface area is 124 Å². The maximum Gasteiger partial charge on any atom is 0.373 e. The smallest absolute Gasteiger partial charge is 0.373 e. The molecule has 1 saturated heterocycles. The molecule has 3 rings (SSSR count). The summed E-state index contributed by atoms with van der Waals surface area (Å²) in [4.78, 5) is 29.4. The summed E-state index contributed by atoms with van der Waals surface area (Å²) >= 11 is 1.34. The molecule has 0 aliphatic carbocycles. The monoisotopic (exact) mass is 310 g/mol. The highest BCUT2D eigenvalue weighted by Crippen LogP contribution is 2.38. The molecule has 0 saturated carbocycles. The fourth-order valence-corrected chi connectivity index (χ4v) is 3.40. The van der Waals surface area contributed by atoms with Gasteiger partial charge < -0.3 is 19.8 Å². The van der Waals surface area contributed by atoms with E-state index in [1.54, 1.807) is 16.5 Å². The van der Waals surface area contributed by atoms with Gasteiger partial charge in [-0.05, 0) is 18.3 Å². The molecule has 21 heavy (non-hydrogen) atoms. The summed E-state index contributed by atoms with van der Waals surface area (Å²) in [7, 11) is 1.35. The Morgan fingerprint density at radius 1 is 1.62 bits per heavy atom. The van der Waals surface area contributed by atoms with Crippen LogP contribution in [-0.2, 0) is 9.53 Å². The summed E-state index contributed by atoms with van der Waals surface area (Å²) in [6.45, 7) is 2.71. The number of methoxy groups -OCH3 is 1. The average Bonchev–Trinajstić information content (AvgIpc) is 3.10. The zero-order valence-corrected chi connectivity index (χ0v) is 12.4. The Balaban J connectivity index is 1.99. The van der Waals surface area contributed by atoms with E-state index < -0.39 is 10.3 Å². The summed E-state index contributed by atoms with van der Waals surface area (Å²) in [5.41, 5.74) is -0.653. The van der Waals surface area contributed by atoms with Crippen LogP contribution in [0.25, 0.3) is 4.96 Å². The van der Waals surface area contributed by atoms with Crippen molar-refractivity contribution in [1.82, 2.24) is 9.38 Å². The number of thiazole rings is 1. The minimum atomic E-state index is -0.653. The van der Waals surface area contributed by atoms with Crippen LogP contribution in [0.15, 0.2) is 11.6 Å². The Kier molecular flexibility index (Phi) is 3.08. The average molecular weight is 310 g/mol. The fraction of sp³-hybridized carbons (Fsp3) is 0.500. The standard InChI is InChI=1S/C12H14N4O4S/c1-12(10(17)20-2)3-4-14(7-12)8-9(16(18)19)15-5-6-21-11(15)13-8/h5-6H,3-4,7H2,1-2H3. The number of imidazole rings is 1. The van der Waals surface area contributed by atoms with Crippen LogP contribution in [0.1, 0.15) is 13.3 Å².